The lowest BCUT2D eigenvalue weighted by atomic mass is 9.86. The number of rotatable bonds is 13. The van der Waals surface area contributed by atoms with Crippen LogP contribution >= 0.6 is 0 Å². The molecular formula is C42H57N6O5+. The van der Waals surface area contributed by atoms with E-state index in [0.29, 0.717) is 12.3 Å². The molecule has 4 rings (SSSR count). The van der Waals surface area contributed by atoms with Crippen LogP contribution in [0, 0.1) is 19.3 Å². The highest BCUT2D eigenvalue weighted by atomic mass is 16.9. The van der Waals surface area contributed by atoms with Crippen molar-refractivity contribution in [2.45, 2.75) is 107 Å². The number of nitrogens with one attached hydrogen (secondary N) is 2. The van der Waals surface area contributed by atoms with E-state index < -0.39 is 10.9 Å². The Morgan fingerprint density at radius 1 is 1.06 bits per heavy atom. The summed E-state index contributed by atoms with van der Waals surface area (Å²) in [6.07, 6.45) is 11.4. The highest BCUT2D eigenvalue weighted by Crippen LogP contribution is 2.31. The van der Waals surface area contributed by atoms with Gasteiger partial charge in [0.05, 0.1) is 21.9 Å². The first-order valence-corrected chi connectivity index (χ1v) is 18.4. The fourth-order valence-electron chi connectivity index (χ4n) is 6.26. The number of benzene rings is 2. The third kappa shape index (κ3) is 11.2. The van der Waals surface area contributed by atoms with Crippen LogP contribution in [0.15, 0.2) is 88.6 Å². The van der Waals surface area contributed by atoms with Gasteiger partial charge in [-0.25, -0.2) is 9.78 Å². The number of carbonyl (C=O) groups is 1. The normalized spacial score (nSPS) is 18.1. The Bertz CT molecular complexity index is 1870. The van der Waals surface area contributed by atoms with E-state index in [1.807, 2.05) is 39.0 Å². The molecule has 1 aliphatic rings. The zero-order valence-electron chi connectivity index (χ0n) is 32.7. The van der Waals surface area contributed by atoms with E-state index in [1.54, 1.807) is 6.07 Å². The molecule has 2 unspecified atom stereocenters. The van der Waals surface area contributed by atoms with E-state index in [1.165, 1.54) is 23.8 Å². The third-order valence-corrected chi connectivity index (χ3v) is 9.66. The fraction of sp³-hybridized carbons (Fsp3) is 0.429. The zero-order valence-corrected chi connectivity index (χ0v) is 32.7. The molecule has 1 aliphatic heterocycles. The lowest BCUT2D eigenvalue weighted by molar-refractivity contribution is -0.273. The van der Waals surface area contributed by atoms with E-state index in [2.05, 4.69) is 80.5 Å². The van der Waals surface area contributed by atoms with Crippen molar-refractivity contribution in [1.29, 1.82) is 0 Å². The summed E-state index contributed by atoms with van der Waals surface area (Å²) in [4.78, 5) is 24.0. The number of allylic oxidation sites excluding steroid dienone is 5. The largest absolute Gasteiger partial charge is 0.478 e. The molecule has 0 bridgehead atoms. The Morgan fingerprint density at radius 2 is 1.74 bits per heavy atom. The number of aliphatic imine (C=N–C) groups is 1. The van der Waals surface area contributed by atoms with Crippen LogP contribution in [0.4, 0.5) is 11.6 Å². The lowest BCUT2D eigenvalue weighted by Gasteiger charge is -2.24. The van der Waals surface area contributed by atoms with Gasteiger partial charge >= 0.3 is 5.97 Å². The van der Waals surface area contributed by atoms with Crippen LogP contribution in [0.1, 0.15) is 102 Å². The molecule has 1 fully saturated rings. The first-order chi connectivity index (χ1) is 25.0. The summed E-state index contributed by atoms with van der Waals surface area (Å²) < 4.78 is 6.37. The van der Waals surface area contributed by atoms with Gasteiger partial charge in [-0.3, -0.25) is 4.99 Å². The van der Waals surface area contributed by atoms with Crippen LogP contribution < -0.4 is 20.4 Å². The van der Waals surface area contributed by atoms with Gasteiger partial charge < -0.3 is 15.2 Å². The molecule has 284 valence electrons. The second-order valence-corrected chi connectivity index (χ2v) is 14.8. The van der Waals surface area contributed by atoms with Gasteiger partial charge in [0.25, 0.3) is 5.95 Å². The van der Waals surface area contributed by atoms with Gasteiger partial charge in [-0.2, -0.15) is 4.98 Å². The molecule has 11 heteroatoms. The van der Waals surface area contributed by atoms with Crippen molar-refractivity contribution in [3.8, 4) is 17.1 Å². The maximum Gasteiger partial charge on any atom is 0.335 e. The molecular weight excluding hydrogens is 668 g/mol. The van der Waals surface area contributed by atoms with E-state index >= 15 is 0 Å². The number of carboxylic acid groups (broad SMARTS) is 1. The highest BCUT2D eigenvalue weighted by molar-refractivity contribution is 6.01. The van der Waals surface area contributed by atoms with Gasteiger partial charge in [0.2, 0.25) is 11.6 Å². The first kappa shape index (κ1) is 41.1. The second-order valence-electron chi connectivity index (χ2n) is 14.8. The molecule has 0 saturated carbocycles. The van der Waals surface area contributed by atoms with Gasteiger partial charge in [0, 0.05) is 41.6 Å². The summed E-state index contributed by atoms with van der Waals surface area (Å²) in [5.41, 5.74) is 10.1. The Kier molecular flexibility index (Phi) is 13.9. The van der Waals surface area contributed by atoms with Crippen LogP contribution in [0.25, 0.3) is 11.3 Å². The molecule has 2 heterocycles. The van der Waals surface area contributed by atoms with Gasteiger partial charge in [-0.05, 0) is 82.1 Å². The Morgan fingerprint density at radius 3 is 2.38 bits per heavy atom. The van der Waals surface area contributed by atoms with Crippen LogP contribution in [0.2, 0.25) is 0 Å². The van der Waals surface area contributed by atoms with Crippen molar-refractivity contribution < 1.29 is 25.1 Å². The lowest BCUT2D eigenvalue weighted by Crippen LogP contribution is -2.48. The predicted octanol–water partition coefficient (Wildman–Crippen LogP) is 9.54. The molecule has 11 nitrogen and oxygen atoms in total. The molecule has 2 aromatic carbocycles. The van der Waals surface area contributed by atoms with Gasteiger partial charge in [0.1, 0.15) is 6.61 Å². The summed E-state index contributed by atoms with van der Waals surface area (Å²) in [7, 11) is 0. The average Bonchev–Trinajstić information content (AvgIpc) is 3.34. The van der Waals surface area contributed by atoms with Crippen molar-refractivity contribution in [3.63, 3.8) is 0 Å². The van der Waals surface area contributed by atoms with Crippen LogP contribution in [-0.4, -0.2) is 55.9 Å². The highest BCUT2D eigenvalue weighted by Gasteiger charge is 2.31. The van der Waals surface area contributed by atoms with Crippen molar-refractivity contribution in [2.75, 3.05) is 12.0 Å². The quantitative estimate of drug-likeness (QED) is 0.0503. The topological polar surface area (TPSA) is 149 Å². The molecule has 1 saturated heterocycles. The summed E-state index contributed by atoms with van der Waals surface area (Å²) >= 11 is 0. The maximum absolute atomic E-state index is 11.6. The molecule has 5 N–H and O–H groups in total. The number of anilines is 1. The fourth-order valence-corrected chi connectivity index (χ4v) is 6.26. The van der Waals surface area contributed by atoms with E-state index in [4.69, 9.17) is 9.73 Å². The maximum atomic E-state index is 11.6. The van der Waals surface area contributed by atoms with Gasteiger partial charge in [-0.1, -0.05) is 88.6 Å². The number of carboxylic acids is 1. The third-order valence-electron chi connectivity index (χ3n) is 9.66. The molecule has 0 spiro atoms. The molecule has 0 amide bonds. The van der Waals surface area contributed by atoms with E-state index in [9.17, 15) is 20.3 Å². The van der Waals surface area contributed by atoms with Crippen molar-refractivity contribution in [1.82, 2.24) is 20.2 Å². The average molecular weight is 726 g/mol. The molecule has 53 heavy (non-hydrogen) atoms. The Labute approximate surface area is 314 Å². The second kappa shape index (κ2) is 17.9. The first-order valence-electron chi connectivity index (χ1n) is 18.4. The number of hydrogen-bond donors (Lipinski definition) is 5. The van der Waals surface area contributed by atoms with Crippen LogP contribution in [-0.2, 0) is 0 Å². The van der Waals surface area contributed by atoms with Crippen LogP contribution in [0.3, 0.4) is 0 Å². The van der Waals surface area contributed by atoms with Crippen molar-refractivity contribution in [2.24, 2.45) is 10.4 Å². The van der Waals surface area contributed by atoms with Gasteiger partial charge in [0.15, 0.2) is 0 Å². The van der Waals surface area contributed by atoms with Crippen molar-refractivity contribution >= 4 is 23.3 Å². The molecule has 1 aromatic heterocycles. The number of aryl methyl sites for hydroxylation is 2. The number of hydrogen-bond acceptors (Lipinski definition) is 9. The van der Waals surface area contributed by atoms with E-state index in [0.717, 1.165) is 71.8 Å². The summed E-state index contributed by atoms with van der Waals surface area (Å²) in [6.45, 7) is 19.4. The number of ether oxygens (including phenoxy) is 1. The number of aromatic carboxylic acids is 1. The predicted molar refractivity (Wildman–Crippen MR) is 212 cm³/mol. The Balaban J connectivity index is 1.61. The SMILES string of the molecule is C\C=C(/N=C(C)\C(=C/CC)\C=C(/C)C(C)(C)C)C1CCCCC(COc2cc(-c3c(C)cccc3C)nc(N[N+](O)(O)c3cccc(C(=O)O)c3)n2)N1. The number of nitrogens with zero attached hydrogens (tertiary/aromatic N) is 4. The minimum absolute atomic E-state index is 0.000905. The van der Waals surface area contributed by atoms with E-state index in [-0.39, 0.29) is 40.6 Å². The Hall–Kier alpha value is -4.68. The molecule has 3 aromatic rings. The van der Waals surface area contributed by atoms with Crippen molar-refractivity contribution in [3.05, 3.63) is 100 Å². The minimum atomic E-state index is -1.88. The number of aromatic nitrogens is 2. The smallest absolute Gasteiger partial charge is 0.335 e. The summed E-state index contributed by atoms with van der Waals surface area (Å²) in [6, 6.07) is 13.1. The minimum Gasteiger partial charge on any atom is -0.478 e. The molecule has 0 radical (unpaired) electrons. The summed E-state index contributed by atoms with van der Waals surface area (Å²) in [5, 5.41) is 35.3. The van der Waals surface area contributed by atoms with Crippen LogP contribution in [0.5, 0.6) is 5.88 Å². The molecule has 0 aliphatic carbocycles. The molecule has 2 atom stereocenters. The summed E-state index contributed by atoms with van der Waals surface area (Å²) in [5.74, 6) is -1.07. The number of quaternary nitrogens is 1. The van der Waals surface area contributed by atoms with Gasteiger partial charge in [-0.15, -0.1) is 15.8 Å². The monoisotopic (exact) mass is 725 g/mol. The standard InChI is InChI=1S/C42H56N6O5/c1-10-16-31(23-29(5)42(7,8)9)30(6)43-35(11-2)36-22-13-12-20-33(44-36)26-53-38-25-37(39-27(3)17-14-18-28(39)4)45-41(46-38)47-48(51,52)34-21-15-19-32(24-34)40(49)50/h11,14-19,21,23-25,33,36,44,51-52H,10,12-13,20,22,26H2,1-9H3,(H-,45,46,47,49,50)/p+1/b29-23+,31-16-,35-11-,43-30-. The zero-order chi connectivity index (χ0) is 38.9.